The number of benzene rings is 1. The standard InChI is InChI=1S/C13H20ClNO/c1-10-8-13(14)6-5-12(10)9-15-7-3-4-11(2)16/h5-6,8,11,15-16H,3-4,7,9H2,1-2H3. The van der Waals surface area contributed by atoms with Crippen LogP contribution in [0, 0.1) is 6.92 Å². The van der Waals surface area contributed by atoms with Crippen molar-refractivity contribution >= 4 is 11.6 Å². The van der Waals surface area contributed by atoms with Crippen LogP contribution in [-0.2, 0) is 6.54 Å². The Morgan fingerprint density at radius 1 is 1.44 bits per heavy atom. The van der Waals surface area contributed by atoms with Crippen LogP contribution in [0.2, 0.25) is 5.02 Å². The SMILES string of the molecule is Cc1cc(Cl)ccc1CNCCCC(C)O. The first kappa shape index (κ1) is 13.5. The maximum Gasteiger partial charge on any atom is 0.0512 e. The van der Waals surface area contributed by atoms with E-state index in [-0.39, 0.29) is 6.10 Å². The van der Waals surface area contributed by atoms with E-state index in [4.69, 9.17) is 16.7 Å². The molecule has 0 aliphatic carbocycles. The van der Waals surface area contributed by atoms with Gasteiger partial charge in [-0.2, -0.15) is 0 Å². The van der Waals surface area contributed by atoms with E-state index in [1.807, 2.05) is 19.1 Å². The Kier molecular flexibility index (Phi) is 5.81. The molecule has 0 bridgehead atoms. The number of rotatable bonds is 6. The summed E-state index contributed by atoms with van der Waals surface area (Å²) in [7, 11) is 0. The summed E-state index contributed by atoms with van der Waals surface area (Å²) in [6, 6.07) is 5.95. The zero-order chi connectivity index (χ0) is 12.0. The van der Waals surface area contributed by atoms with Crippen molar-refractivity contribution in [2.45, 2.75) is 39.3 Å². The predicted molar refractivity (Wildman–Crippen MR) is 68.8 cm³/mol. The summed E-state index contributed by atoms with van der Waals surface area (Å²) in [5, 5.41) is 13.3. The number of halogens is 1. The highest BCUT2D eigenvalue weighted by Crippen LogP contribution is 2.14. The van der Waals surface area contributed by atoms with Crippen molar-refractivity contribution < 1.29 is 5.11 Å². The highest BCUT2D eigenvalue weighted by Gasteiger charge is 1.99. The third-order valence-corrected chi connectivity index (χ3v) is 2.83. The number of nitrogens with one attached hydrogen (secondary N) is 1. The fourth-order valence-corrected chi connectivity index (χ4v) is 1.83. The molecule has 0 saturated carbocycles. The minimum Gasteiger partial charge on any atom is -0.393 e. The van der Waals surface area contributed by atoms with Gasteiger partial charge in [-0.15, -0.1) is 0 Å². The van der Waals surface area contributed by atoms with Crippen LogP contribution in [-0.4, -0.2) is 17.8 Å². The quantitative estimate of drug-likeness (QED) is 0.751. The minimum atomic E-state index is -0.195. The molecule has 0 aliphatic heterocycles. The van der Waals surface area contributed by atoms with Gasteiger partial charge in [0.1, 0.15) is 0 Å². The topological polar surface area (TPSA) is 32.3 Å². The molecule has 1 aromatic carbocycles. The van der Waals surface area contributed by atoms with E-state index in [1.165, 1.54) is 11.1 Å². The molecule has 2 nitrogen and oxygen atoms in total. The number of hydrogen-bond acceptors (Lipinski definition) is 2. The number of aliphatic hydroxyl groups is 1. The molecule has 0 spiro atoms. The lowest BCUT2D eigenvalue weighted by molar-refractivity contribution is 0.181. The van der Waals surface area contributed by atoms with Crippen LogP contribution in [0.1, 0.15) is 30.9 Å². The molecule has 2 N–H and O–H groups in total. The summed E-state index contributed by atoms with van der Waals surface area (Å²) in [5.74, 6) is 0. The molecule has 1 atom stereocenters. The van der Waals surface area contributed by atoms with Gasteiger partial charge in [-0.25, -0.2) is 0 Å². The molecule has 0 radical (unpaired) electrons. The normalized spacial score (nSPS) is 12.8. The third-order valence-electron chi connectivity index (χ3n) is 2.60. The van der Waals surface area contributed by atoms with Gasteiger partial charge >= 0.3 is 0 Å². The molecule has 0 saturated heterocycles. The van der Waals surface area contributed by atoms with E-state index in [1.54, 1.807) is 0 Å². The fourth-order valence-electron chi connectivity index (χ4n) is 1.60. The summed E-state index contributed by atoms with van der Waals surface area (Å²) in [5.41, 5.74) is 2.50. The maximum absolute atomic E-state index is 9.10. The van der Waals surface area contributed by atoms with Crippen molar-refractivity contribution in [2.75, 3.05) is 6.54 Å². The number of hydrogen-bond donors (Lipinski definition) is 2. The van der Waals surface area contributed by atoms with Crippen LogP contribution in [0.4, 0.5) is 0 Å². The van der Waals surface area contributed by atoms with Crippen LogP contribution in [0.15, 0.2) is 18.2 Å². The van der Waals surface area contributed by atoms with Crippen LogP contribution in [0.3, 0.4) is 0 Å². The lowest BCUT2D eigenvalue weighted by atomic mass is 10.1. The summed E-state index contributed by atoms with van der Waals surface area (Å²) < 4.78 is 0. The monoisotopic (exact) mass is 241 g/mol. The van der Waals surface area contributed by atoms with Gasteiger partial charge in [0.05, 0.1) is 6.10 Å². The van der Waals surface area contributed by atoms with Gasteiger partial charge in [-0.05, 0) is 56.5 Å². The van der Waals surface area contributed by atoms with Crippen molar-refractivity contribution in [3.05, 3.63) is 34.3 Å². The first-order valence-electron chi connectivity index (χ1n) is 5.73. The van der Waals surface area contributed by atoms with Crippen molar-refractivity contribution in [3.8, 4) is 0 Å². The van der Waals surface area contributed by atoms with Gasteiger partial charge in [-0.3, -0.25) is 0 Å². The van der Waals surface area contributed by atoms with Crippen molar-refractivity contribution in [1.82, 2.24) is 5.32 Å². The molecule has 16 heavy (non-hydrogen) atoms. The van der Waals surface area contributed by atoms with Gasteiger partial charge < -0.3 is 10.4 Å². The lowest BCUT2D eigenvalue weighted by Crippen LogP contribution is -2.16. The first-order valence-corrected chi connectivity index (χ1v) is 6.11. The smallest absolute Gasteiger partial charge is 0.0512 e. The summed E-state index contributed by atoms with van der Waals surface area (Å²) in [4.78, 5) is 0. The average Bonchev–Trinajstić information content (AvgIpc) is 2.20. The van der Waals surface area contributed by atoms with Gasteiger partial charge in [0.25, 0.3) is 0 Å². The second-order valence-corrected chi connectivity index (χ2v) is 4.68. The van der Waals surface area contributed by atoms with E-state index in [2.05, 4.69) is 18.3 Å². The van der Waals surface area contributed by atoms with Crippen LogP contribution in [0.5, 0.6) is 0 Å². The zero-order valence-electron chi connectivity index (χ0n) is 9.96. The second-order valence-electron chi connectivity index (χ2n) is 4.24. The van der Waals surface area contributed by atoms with E-state index >= 15 is 0 Å². The highest BCUT2D eigenvalue weighted by atomic mass is 35.5. The Labute approximate surface area is 103 Å². The second kappa shape index (κ2) is 6.89. The Morgan fingerprint density at radius 3 is 2.81 bits per heavy atom. The number of aliphatic hydroxyl groups excluding tert-OH is 1. The molecule has 0 amide bonds. The van der Waals surface area contributed by atoms with Gasteiger partial charge in [0.2, 0.25) is 0 Å². The predicted octanol–water partition coefficient (Wildman–Crippen LogP) is 2.90. The van der Waals surface area contributed by atoms with Crippen LogP contribution in [0.25, 0.3) is 0 Å². The van der Waals surface area contributed by atoms with Crippen LogP contribution < -0.4 is 5.32 Å². The zero-order valence-corrected chi connectivity index (χ0v) is 10.7. The van der Waals surface area contributed by atoms with E-state index in [0.29, 0.717) is 0 Å². The van der Waals surface area contributed by atoms with Gasteiger partial charge in [0.15, 0.2) is 0 Å². The average molecular weight is 242 g/mol. The highest BCUT2D eigenvalue weighted by molar-refractivity contribution is 6.30. The Balaban J connectivity index is 2.27. The van der Waals surface area contributed by atoms with Crippen molar-refractivity contribution in [2.24, 2.45) is 0 Å². The summed E-state index contributed by atoms with van der Waals surface area (Å²) >= 11 is 5.89. The lowest BCUT2D eigenvalue weighted by Gasteiger charge is -2.08. The molecule has 3 heteroatoms. The summed E-state index contributed by atoms with van der Waals surface area (Å²) in [6.45, 7) is 5.69. The Morgan fingerprint density at radius 2 is 2.19 bits per heavy atom. The molecular formula is C13H20ClNO. The molecule has 1 rings (SSSR count). The Hall–Kier alpha value is -0.570. The fraction of sp³-hybridized carbons (Fsp3) is 0.538. The molecule has 90 valence electrons. The summed E-state index contributed by atoms with van der Waals surface area (Å²) in [6.07, 6.45) is 1.66. The molecule has 0 fully saturated rings. The van der Waals surface area contributed by atoms with Crippen molar-refractivity contribution in [3.63, 3.8) is 0 Å². The molecule has 0 heterocycles. The molecule has 0 aromatic heterocycles. The first-order chi connectivity index (χ1) is 7.59. The number of aryl methyl sites for hydroxylation is 1. The largest absolute Gasteiger partial charge is 0.393 e. The van der Waals surface area contributed by atoms with E-state index in [0.717, 1.165) is 31.0 Å². The van der Waals surface area contributed by atoms with Crippen molar-refractivity contribution in [1.29, 1.82) is 0 Å². The van der Waals surface area contributed by atoms with Crippen LogP contribution >= 0.6 is 11.6 Å². The third kappa shape index (κ3) is 4.97. The molecule has 1 aromatic rings. The molecular weight excluding hydrogens is 222 g/mol. The maximum atomic E-state index is 9.10. The van der Waals surface area contributed by atoms with E-state index < -0.39 is 0 Å². The van der Waals surface area contributed by atoms with Gasteiger partial charge in [-0.1, -0.05) is 17.7 Å². The minimum absolute atomic E-state index is 0.195. The molecule has 0 aliphatic rings. The van der Waals surface area contributed by atoms with E-state index in [9.17, 15) is 0 Å². The van der Waals surface area contributed by atoms with Gasteiger partial charge in [0, 0.05) is 11.6 Å². The Bertz CT molecular complexity index is 326. The molecule has 1 unspecified atom stereocenters.